The van der Waals surface area contributed by atoms with E-state index >= 15 is 0 Å². The number of fused-ring (bicyclic) bond motifs is 3. The van der Waals surface area contributed by atoms with Gasteiger partial charge in [-0.15, -0.1) is 0 Å². The molecule has 2 aliphatic carbocycles. The first-order valence-electron chi connectivity index (χ1n) is 9.22. The molecule has 2 aromatic rings. The maximum atomic E-state index is 12.5. The Morgan fingerprint density at radius 1 is 1.29 bits per heavy atom. The van der Waals surface area contributed by atoms with Crippen molar-refractivity contribution in [1.29, 1.82) is 0 Å². The standard InChI is InChI=1S/C20H27N3O/c1-12-6-18-19(7-13(12)2)23(11-21-18)10-20(24)22-14(3)17-9-15-4-5-16(17)8-15/h6-7,11,14-17H,4-5,8-10H2,1-3H3,(H,22,24)/t14-,15+,16+,17+/m1/s1. The summed E-state index contributed by atoms with van der Waals surface area (Å²) in [6, 6.07) is 4.51. The summed E-state index contributed by atoms with van der Waals surface area (Å²) in [6.07, 6.45) is 7.24. The van der Waals surface area contributed by atoms with Gasteiger partial charge in [0.2, 0.25) is 5.91 Å². The molecule has 0 saturated heterocycles. The van der Waals surface area contributed by atoms with E-state index in [0.29, 0.717) is 12.5 Å². The molecule has 128 valence electrons. The lowest BCUT2D eigenvalue weighted by Crippen LogP contribution is -2.41. The largest absolute Gasteiger partial charge is 0.352 e. The molecule has 24 heavy (non-hydrogen) atoms. The zero-order valence-corrected chi connectivity index (χ0v) is 14.9. The molecule has 1 aromatic carbocycles. The quantitative estimate of drug-likeness (QED) is 0.934. The van der Waals surface area contributed by atoms with Crippen LogP contribution in [0.25, 0.3) is 11.0 Å². The summed E-state index contributed by atoms with van der Waals surface area (Å²) < 4.78 is 1.96. The highest BCUT2D eigenvalue weighted by molar-refractivity contribution is 5.81. The minimum absolute atomic E-state index is 0.0998. The van der Waals surface area contributed by atoms with Gasteiger partial charge in [0, 0.05) is 6.04 Å². The Morgan fingerprint density at radius 3 is 2.79 bits per heavy atom. The Bertz CT molecular complexity index is 779. The topological polar surface area (TPSA) is 46.9 Å². The van der Waals surface area contributed by atoms with E-state index in [9.17, 15) is 4.79 Å². The maximum Gasteiger partial charge on any atom is 0.240 e. The van der Waals surface area contributed by atoms with E-state index in [-0.39, 0.29) is 11.9 Å². The van der Waals surface area contributed by atoms with Crippen molar-refractivity contribution in [3.63, 3.8) is 0 Å². The fourth-order valence-electron chi connectivity index (χ4n) is 4.91. The Kier molecular flexibility index (Phi) is 3.86. The molecule has 0 aliphatic heterocycles. The molecule has 4 nitrogen and oxygen atoms in total. The number of nitrogens with zero attached hydrogens (tertiary/aromatic N) is 2. The van der Waals surface area contributed by atoms with Gasteiger partial charge in [0.1, 0.15) is 6.54 Å². The summed E-state index contributed by atoms with van der Waals surface area (Å²) in [5.41, 5.74) is 4.48. The van der Waals surface area contributed by atoms with E-state index in [1.165, 1.54) is 36.8 Å². The second-order valence-corrected chi connectivity index (χ2v) is 7.99. The monoisotopic (exact) mass is 325 g/mol. The molecular weight excluding hydrogens is 298 g/mol. The number of amides is 1. The van der Waals surface area contributed by atoms with Crippen LogP contribution in [0.1, 0.15) is 43.7 Å². The lowest BCUT2D eigenvalue weighted by atomic mass is 9.84. The van der Waals surface area contributed by atoms with Crippen LogP contribution >= 0.6 is 0 Å². The van der Waals surface area contributed by atoms with Gasteiger partial charge in [0.25, 0.3) is 0 Å². The Balaban J connectivity index is 1.43. The fourth-order valence-corrected chi connectivity index (χ4v) is 4.91. The van der Waals surface area contributed by atoms with Crippen molar-refractivity contribution in [1.82, 2.24) is 14.9 Å². The zero-order valence-electron chi connectivity index (χ0n) is 14.9. The lowest BCUT2D eigenvalue weighted by Gasteiger charge is -2.28. The van der Waals surface area contributed by atoms with Crippen LogP contribution in [0.2, 0.25) is 0 Å². The van der Waals surface area contributed by atoms with Crippen molar-refractivity contribution in [2.45, 2.75) is 59.0 Å². The number of rotatable bonds is 4. The van der Waals surface area contributed by atoms with Crippen molar-refractivity contribution < 1.29 is 4.79 Å². The SMILES string of the molecule is Cc1cc2ncn(CC(=O)N[C@H](C)[C@@H]3C[C@H]4CC[C@H]3C4)c2cc1C. The molecule has 4 atom stereocenters. The van der Waals surface area contributed by atoms with Crippen LogP contribution in [0.4, 0.5) is 0 Å². The van der Waals surface area contributed by atoms with Gasteiger partial charge in [0.05, 0.1) is 17.4 Å². The van der Waals surface area contributed by atoms with Crippen LogP contribution in [-0.2, 0) is 11.3 Å². The normalized spacial score (nSPS) is 26.9. The minimum atomic E-state index is 0.0998. The van der Waals surface area contributed by atoms with Gasteiger partial charge in [-0.05, 0) is 81.0 Å². The highest BCUT2D eigenvalue weighted by Gasteiger charge is 2.42. The van der Waals surface area contributed by atoms with E-state index in [2.05, 4.69) is 43.2 Å². The van der Waals surface area contributed by atoms with Crippen molar-refractivity contribution in [3.05, 3.63) is 29.6 Å². The van der Waals surface area contributed by atoms with Gasteiger partial charge in [0.15, 0.2) is 0 Å². The number of carbonyl (C=O) groups is 1. The average Bonchev–Trinajstić information content (AvgIpc) is 3.25. The molecule has 2 bridgehead atoms. The van der Waals surface area contributed by atoms with Crippen LogP contribution in [0.15, 0.2) is 18.5 Å². The third kappa shape index (κ3) is 2.72. The van der Waals surface area contributed by atoms with Gasteiger partial charge < -0.3 is 9.88 Å². The summed E-state index contributed by atoms with van der Waals surface area (Å²) >= 11 is 0. The molecule has 0 radical (unpaired) electrons. The van der Waals surface area contributed by atoms with E-state index in [1.807, 2.05) is 4.57 Å². The highest BCUT2D eigenvalue weighted by Crippen LogP contribution is 2.49. The van der Waals surface area contributed by atoms with Crippen LogP contribution in [0.3, 0.4) is 0 Å². The van der Waals surface area contributed by atoms with Gasteiger partial charge in [-0.2, -0.15) is 0 Å². The number of hydrogen-bond acceptors (Lipinski definition) is 2. The third-order valence-corrected chi connectivity index (χ3v) is 6.37. The molecule has 1 aromatic heterocycles. The van der Waals surface area contributed by atoms with Crippen molar-refractivity contribution >= 4 is 16.9 Å². The molecule has 4 heteroatoms. The van der Waals surface area contributed by atoms with E-state index < -0.39 is 0 Å². The number of hydrogen-bond donors (Lipinski definition) is 1. The first kappa shape index (κ1) is 15.7. The molecule has 2 saturated carbocycles. The molecule has 1 N–H and O–H groups in total. The van der Waals surface area contributed by atoms with Crippen molar-refractivity contribution in [2.75, 3.05) is 0 Å². The maximum absolute atomic E-state index is 12.5. The first-order chi connectivity index (χ1) is 11.5. The summed E-state index contributed by atoms with van der Waals surface area (Å²) in [7, 11) is 0. The number of carbonyl (C=O) groups excluding carboxylic acids is 1. The van der Waals surface area contributed by atoms with Crippen molar-refractivity contribution in [2.24, 2.45) is 17.8 Å². The number of benzene rings is 1. The molecule has 4 rings (SSSR count). The smallest absolute Gasteiger partial charge is 0.240 e. The summed E-state index contributed by atoms with van der Waals surface area (Å²) in [4.78, 5) is 17.0. The zero-order chi connectivity index (χ0) is 16.8. The van der Waals surface area contributed by atoms with Crippen molar-refractivity contribution in [3.8, 4) is 0 Å². The fraction of sp³-hybridized carbons (Fsp3) is 0.600. The van der Waals surface area contributed by atoms with E-state index in [1.54, 1.807) is 6.33 Å². The minimum Gasteiger partial charge on any atom is -0.352 e. The summed E-state index contributed by atoms with van der Waals surface area (Å²) in [6.45, 7) is 6.73. The van der Waals surface area contributed by atoms with Gasteiger partial charge in [-0.1, -0.05) is 6.42 Å². The molecule has 1 amide bonds. The van der Waals surface area contributed by atoms with E-state index in [0.717, 1.165) is 22.9 Å². The van der Waals surface area contributed by atoms with E-state index in [4.69, 9.17) is 0 Å². The molecule has 0 unspecified atom stereocenters. The number of aryl methyl sites for hydroxylation is 2. The average molecular weight is 325 g/mol. The summed E-state index contributed by atoms with van der Waals surface area (Å²) in [5, 5.41) is 3.25. The Hall–Kier alpha value is -1.84. The predicted molar refractivity (Wildman–Crippen MR) is 95.7 cm³/mol. The highest BCUT2D eigenvalue weighted by atomic mass is 16.2. The molecule has 0 spiro atoms. The molecule has 1 heterocycles. The van der Waals surface area contributed by atoms with Crippen LogP contribution < -0.4 is 5.32 Å². The third-order valence-electron chi connectivity index (χ3n) is 6.37. The summed E-state index contributed by atoms with van der Waals surface area (Å²) in [5.74, 6) is 2.54. The van der Waals surface area contributed by atoms with Gasteiger partial charge in [-0.3, -0.25) is 4.79 Å². The number of aromatic nitrogens is 2. The second kappa shape index (κ2) is 5.91. The number of imidazole rings is 1. The molecule has 2 aliphatic rings. The van der Waals surface area contributed by atoms with Crippen LogP contribution in [0, 0.1) is 31.6 Å². The molecule has 2 fully saturated rings. The lowest BCUT2D eigenvalue weighted by molar-refractivity contribution is -0.122. The Labute approximate surface area is 143 Å². The van der Waals surface area contributed by atoms with Crippen LogP contribution in [-0.4, -0.2) is 21.5 Å². The predicted octanol–water partition coefficient (Wildman–Crippen LogP) is 3.59. The van der Waals surface area contributed by atoms with Gasteiger partial charge in [-0.25, -0.2) is 4.98 Å². The Morgan fingerprint density at radius 2 is 2.08 bits per heavy atom. The first-order valence-corrected chi connectivity index (χ1v) is 9.22. The second-order valence-electron chi connectivity index (χ2n) is 7.99. The molecular formula is C20H27N3O. The van der Waals surface area contributed by atoms with Crippen LogP contribution in [0.5, 0.6) is 0 Å². The van der Waals surface area contributed by atoms with Gasteiger partial charge >= 0.3 is 0 Å². The number of nitrogens with one attached hydrogen (secondary N) is 1.